The fraction of sp³-hybridized carbons (Fsp3) is 0.533. The molecule has 0 amide bonds. The van der Waals surface area contributed by atoms with E-state index in [1.165, 1.54) is 0 Å². The number of guanidine groups is 1. The highest BCUT2D eigenvalue weighted by Crippen LogP contribution is 2.25. The zero-order valence-electron chi connectivity index (χ0n) is 13.4. The lowest BCUT2D eigenvalue weighted by Crippen LogP contribution is -2.50. The fourth-order valence-corrected chi connectivity index (χ4v) is 2.52. The third kappa shape index (κ3) is 4.64. The maximum Gasteiger partial charge on any atom is 0.191 e. The van der Waals surface area contributed by atoms with Gasteiger partial charge in [0.2, 0.25) is 0 Å². The number of benzene rings is 1. The molecule has 22 heavy (non-hydrogen) atoms. The monoisotopic (exact) mass is 420 g/mol. The third-order valence-electron chi connectivity index (χ3n) is 3.81. The van der Waals surface area contributed by atoms with E-state index in [0.717, 1.165) is 49.8 Å². The lowest BCUT2D eigenvalue weighted by molar-refractivity contribution is 0.173. The van der Waals surface area contributed by atoms with Crippen molar-refractivity contribution in [1.82, 2.24) is 9.80 Å². The molecule has 1 aromatic carbocycles. The van der Waals surface area contributed by atoms with Crippen LogP contribution in [-0.2, 0) is 6.54 Å². The molecule has 7 heteroatoms. The lowest BCUT2D eigenvalue weighted by atomic mass is 10.1. The molecule has 1 heterocycles. The van der Waals surface area contributed by atoms with Gasteiger partial charge < -0.3 is 20.1 Å². The Labute approximate surface area is 149 Å². The highest BCUT2D eigenvalue weighted by Gasteiger charge is 2.19. The Morgan fingerprint density at radius 1 is 1.18 bits per heavy atom. The average molecular weight is 420 g/mol. The number of nitrogens with zero attached hydrogens (tertiary/aromatic N) is 3. The molecule has 6 nitrogen and oxygen atoms in total. The quantitative estimate of drug-likeness (QED) is 0.453. The van der Waals surface area contributed by atoms with Gasteiger partial charge >= 0.3 is 0 Å². The number of methoxy groups -OCH3 is 2. The van der Waals surface area contributed by atoms with Gasteiger partial charge in [-0.25, -0.2) is 0 Å². The molecule has 0 radical (unpaired) electrons. The van der Waals surface area contributed by atoms with Gasteiger partial charge in [-0.1, -0.05) is 0 Å². The summed E-state index contributed by atoms with van der Waals surface area (Å²) in [6.07, 6.45) is 0. The van der Waals surface area contributed by atoms with Gasteiger partial charge in [0.1, 0.15) is 11.5 Å². The summed E-state index contributed by atoms with van der Waals surface area (Å²) in [5, 5.41) is 0. The first-order chi connectivity index (χ1) is 10.2. The molecule has 0 aliphatic carbocycles. The Balaban J connectivity index is 0.00000242. The minimum Gasteiger partial charge on any atom is -0.497 e. The second-order valence-electron chi connectivity index (χ2n) is 5.02. The van der Waals surface area contributed by atoms with Crippen LogP contribution in [0.5, 0.6) is 11.5 Å². The maximum absolute atomic E-state index is 5.85. The van der Waals surface area contributed by atoms with Crippen molar-refractivity contribution in [2.24, 2.45) is 10.7 Å². The number of aliphatic imine (C=N–C) groups is 1. The van der Waals surface area contributed by atoms with Crippen LogP contribution in [0.25, 0.3) is 0 Å². The van der Waals surface area contributed by atoms with Gasteiger partial charge in [-0.05, 0) is 18.2 Å². The van der Waals surface area contributed by atoms with Crippen molar-refractivity contribution in [2.45, 2.75) is 6.54 Å². The number of rotatable bonds is 4. The van der Waals surface area contributed by atoms with Gasteiger partial charge in [0, 0.05) is 45.3 Å². The van der Waals surface area contributed by atoms with Crippen molar-refractivity contribution in [3.8, 4) is 11.5 Å². The number of piperazine rings is 1. The van der Waals surface area contributed by atoms with Gasteiger partial charge in [0.05, 0.1) is 14.2 Å². The standard InChI is InChI=1S/C15H24N4O2.HI/c1-17-15(16)19-8-6-18(7-9-19)11-12-10-13(20-2)4-5-14(12)21-3;/h4-5,10H,6-9,11H2,1-3H3,(H2,16,17);1H. The van der Waals surface area contributed by atoms with Crippen LogP contribution in [0.15, 0.2) is 23.2 Å². The first-order valence-electron chi connectivity index (χ1n) is 7.08. The molecule has 0 unspecified atom stereocenters. The van der Waals surface area contributed by atoms with Crippen molar-refractivity contribution in [3.63, 3.8) is 0 Å². The van der Waals surface area contributed by atoms with Crippen molar-refractivity contribution >= 4 is 29.9 Å². The van der Waals surface area contributed by atoms with Crippen LogP contribution >= 0.6 is 24.0 Å². The molecule has 2 N–H and O–H groups in total. The molecule has 1 aliphatic heterocycles. The van der Waals surface area contributed by atoms with Crippen LogP contribution in [0.2, 0.25) is 0 Å². The molecule has 0 spiro atoms. The molecule has 124 valence electrons. The van der Waals surface area contributed by atoms with E-state index >= 15 is 0 Å². The molecule has 1 fully saturated rings. The maximum atomic E-state index is 5.85. The van der Waals surface area contributed by atoms with Gasteiger partial charge in [-0.15, -0.1) is 24.0 Å². The topological polar surface area (TPSA) is 63.3 Å². The van der Waals surface area contributed by atoms with Crippen LogP contribution < -0.4 is 15.2 Å². The number of hydrogen-bond donors (Lipinski definition) is 1. The van der Waals surface area contributed by atoms with E-state index in [0.29, 0.717) is 5.96 Å². The molecule has 0 atom stereocenters. The molecular formula is C15H25IN4O2. The van der Waals surface area contributed by atoms with Crippen LogP contribution in [0.3, 0.4) is 0 Å². The van der Waals surface area contributed by atoms with E-state index in [-0.39, 0.29) is 24.0 Å². The second-order valence-corrected chi connectivity index (χ2v) is 5.02. The summed E-state index contributed by atoms with van der Waals surface area (Å²) in [4.78, 5) is 8.53. The van der Waals surface area contributed by atoms with Crippen LogP contribution in [0, 0.1) is 0 Å². The lowest BCUT2D eigenvalue weighted by Gasteiger charge is -2.35. The Bertz CT molecular complexity index is 502. The minimum absolute atomic E-state index is 0. The summed E-state index contributed by atoms with van der Waals surface area (Å²) in [6.45, 7) is 4.55. The number of ether oxygens (including phenoxy) is 2. The van der Waals surface area contributed by atoms with Crippen LogP contribution in [-0.4, -0.2) is 63.2 Å². The zero-order chi connectivity index (χ0) is 15.2. The predicted octanol–water partition coefficient (Wildman–Crippen LogP) is 1.38. The minimum atomic E-state index is 0. The molecule has 0 saturated carbocycles. The van der Waals surface area contributed by atoms with Crippen LogP contribution in [0.1, 0.15) is 5.56 Å². The summed E-state index contributed by atoms with van der Waals surface area (Å²) >= 11 is 0. The van der Waals surface area contributed by atoms with Gasteiger partial charge in [0.15, 0.2) is 5.96 Å². The number of halogens is 1. The van der Waals surface area contributed by atoms with Gasteiger partial charge in [-0.2, -0.15) is 0 Å². The Kier molecular flexibility index (Phi) is 7.74. The van der Waals surface area contributed by atoms with Crippen molar-refractivity contribution in [2.75, 3.05) is 47.4 Å². The van der Waals surface area contributed by atoms with Gasteiger partial charge in [0.25, 0.3) is 0 Å². The Morgan fingerprint density at radius 3 is 2.41 bits per heavy atom. The smallest absolute Gasteiger partial charge is 0.191 e. The van der Waals surface area contributed by atoms with Gasteiger partial charge in [-0.3, -0.25) is 9.89 Å². The van der Waals surface area contributed by atoms with Crippen molar-refractivity contribution in [1.29, 1.82) is 0 Å². The molecule has 1 aliphatic rings. The molecule has 0 aromatic heterocycles. The van der Waals surface area contributed by atoms with E-state index in [1.54, 1.807) is 21.3 Å². The summed E-state index contributed by atoms with van der Waals surface area (Å²) < 4.78 is 10.7. The first kappa shape index (κ1) is 18.8. The van der Waals surface area contributed by atoms with Crippen LogP contribution in [0.4, 0.5) is 0 Å². The average Bonchev–Trinajstić information content (AvgIpc) is 2.54. The van der Waals surface area contributed by atoms with E-state index in [4.69, 9.17) is 15.2 Å². The van der Waals surface area contributed by atoms with E-state index < -0.39 is 0 Å². The molecule has 1 aromatic rings. The summed E-state index contributed by atoms with van der Waals surface area (Å²) in [5.41, 5.74) is 6.99. The third-order valence-corrected chi connectivity index (χ3v) is 3.81. The molecule has 1 saturated heterocycles. The summed E-state index contributed by atoms with van der Waals surface area (Å²) in [7, 11) is 5.10. The largest absolute Gasteiger partial charge is 0.497 e. The Hall–Kier alpha value is -1.22. The molecule has 2 rings (SSSR count). The van der Waals surface area contributed by atoms with Crippen molar-refractivity contribution < 1.29 is 9.47 Å². The Morgan fingerprint density at radius 2 is 1.86 bits per heavy atom. The first-order valence-corrected chi connectivity index (χ1v) is 7.08. The highest BCUT2D eigenvalue weighted by atomic mass is 127. The zero-order valence-corrected chi connectivity index (χ0v) is 15.7. The fourth-order valence-electron chi connectivity index (χ4n) is 2.52. The SMILES string of the molecule is CN=C(N)N1CCN(Cc2cc(OC)ccc2OC)CC1.I. The number of nitrogens with two attached hydrogens (primary N) is 1. The van der Waals surface area contributed by atoms with E-state index in [9.17, 15) is 0 Å². The normalized spacial score (nSPS) is 16.1. The summed E-state index contributed by atoms with van der Waals surface area (Å²) in [6, 6.07) is 5.90. The summed E-state index contributed by atoms with van der Waals surface area (Å²) in [5.74, 6) is 2.37. The highest BCUT2D eigenvalue weighted by molar-refractivity contribution is 14.0. The van der Waals surface area contributed by atoms with E-state index in [2.05, 4.69) is 14.8 Å². The van der Waals surface area contributed by atoms with E-state index in [1.807, 2.05) is 18.2 Å². The van der Waals surface area contributed by atoms with Crippen molar-refractivity contribution in [3.05, 3.63) is 23.8 Å². The predicted molar refractivity (Wildman–Crippen MR) is 99.4 cm³/mol. The second kappa shape index (κ2) is 9.04. The molecular weight excluding hydrogens is 395 g/mol. The number of hydrogen-bond acceptors (Lipinski definition) is 4. The molecule has 0 bridgehead atoms.